The first kappa shape index (κ1) is 35.0. The summed E-state index contributed by atoms with van der Waals surface area (Å²) in [5.74, 6) is -20.0. The summed E-state index contributed by atoms with van der Waals surface area (Å²) in [6, 6.07) is 14.5. The van der Waals surface area contributed by atoms with E-state index in [4.69, 9.17) is 0 Å². The van der Waals surface area contributed by atoms with E-state index in [1.165, 1.54) is 6.92 Å². The van der Waals surface area contributed by atoms with E-state index in [0.29, 0.717) is 53.8 Å². The molecule has 2 nitrogen and oxygen atoms in total. The number of thiophene rings is 2. The Bertz CT molecular complexity index is 2160. The Balaban J connectivity index is 1.29. The largest absolute Gasteiger partial charge is 0.335 e. The molecule has 0 aliphatic carbocycles. The first-order valence-electron chi connectivity index (χ1n) is 14.5. The Morgan fingerprint density at radius 1 is 0.551 bits per heavy atom. The van der Waals surface area contributed by atoms with E-state index in [-0.39, 0.29) is 24.5 Å². The third-order valence-corrected chi connectivity index (χ3v) is 10.8. The van der Waals surface area contributed by atoms with Crippen LogP contribution in [0.4, 0.5) is 43.9 Å². The van der Waals surface area contributed by atoms with E-state index in [1.807, 2.05) is 0 Å². The molecular formula is C34H22F10N2S3. The molecule has 0 atom stereocenters. The number of hydrogen-bond donors (Lipinski definition) is 0. The van der Waals surface area contributed by atoms with Crippen LogP contribution in [-0.2, 0) is 11.8 Å². The lowest BCUT2D eigenvalue weighted by Gasteiger charge is -2.26. The van der Waals surface area contributed by atoms with E-state index < -0.39 is 52.9 Å². The highest BCUT2D eigenvalue weighted by molar-refractivity contribution is 7.19. The standard InChI is InChI=1S/C34H22F10N2S3/c1-3-14-32(39,40)34(43,44)18-5-7-20(24(36)16-18)26-11-13-28(48-26)22-9-8-21(29-30(22)46-49-45-29)27-12-10-25(47-27)19-6-4-17(15-23(19)35)33(41,42)31(2,37)38/h4-13,15-16H,3,14H2,1-2H3. The molecule has 6 aromatic rings. The summed E-state index contributed by atoms with van der Waals surface area (Å²) in [4.78, 5) is 1.97. The Kier molecular flexibility index (Phi) is 8.93. The van der Waals surface area contributed by atoms with Crippen LogP contribution in [0.2, 0.25) is 0 Å². The molecule has 0 fully saturated rings. The molecule has 0 bridgehead atoms. The summed E-state index contributed by atoms with van der Waals surface area (Å²) < 4.78 is 151. The van der Waals surface area contributed by atoms with Gasteiger partial charge in [0.25, 0.3) is 0 Å². The van der Waals surface area contributed by atoms with Crippen LogP contribution in [-0.4, -0.2) is 20.6 Å². The minimum atomic E-state index is -4.56. The van der Waals surface area contributed by atoms with Crippen LogP contribution >= 0.6 is 34.4 Å². The number of halogens is 10. The van der Waals surface area contributed by atoms with Crippen molar-refractivity contribution in [2.24, 2.45) is 0 Å². The van der Waals surface area contributed by atoms with Crippen molar-refractivity contribution in [2.75, 3.05) is 0 Å². The Morgan fingerprint density at radius 3 is 1.33 bits per heavy atom. The van der Waals surface area contributed by atoms with Crippen LogP contribution in [0.5, 0.6) is 0 Å². The number of nitrogens with zero attached hydrogens (tertiary/aromatic N) is 2. The highest BCUT2D eigenvalue weighted by Gasteiger charge is 2.56. The van der Waals surface area contributed by atoms with Crippen molar-refractivity contribution in [1.82, 2.24) is 8.75 Å². The second-order valence-electron chi connectivity index (χ2n) is 11.3. The average Bonchev–Trinajstić information content (AvgIpc) is 3.81. The molecule has 3 heterocycles. The molecule has 0 unspecified atom stereocenters. The fourth-order valence-corrected chi connectivity index (χ4v) is 7.97. The van der Waals surface area contributed by atoms with Gasteiger partial charge in [-0.1, -0.05) is 49.7 Å². The van der Waals surface area contributed by atoms with Gasteiger partial charge in [0.2, 0.25) is 0 Å². The topological polar surface area (TPSA) is 25.8 Å². The molecule has 256 valence electrons. The molecule has 0 N–H and O–H groups in total. The molecule has 0 radical (unpaired) electrons. The fourth-order valence-electron chi connectivity index (χ4n) is 5.28. The van der Waals surface area contributed by atoms with Gasteiger partial charge in [-0.3, -0.25) is 0 Å². The summed E-state index contributed by atoms with van der Waals surface area (Å²) in [6.07, 6.45) is -1.23. The predicted octanol–water partition coefficient (Wildman–Crippen LogP) is 13.0. The van der Waals surface area contributed by atoms with E-state index in [2.05, 4.69) is 8.75 Å². The molecule has 6 rings (SSSR count). The summed E-state index contributed by atoms with van der Waals surface area (Å²) in [5.41, 5.74) is -0.143. The monoisotopic (exact) mass is 744 g/mol. The fraction of sp³-hybridized carbons (Fsp3) is 0.235. The molecule has 3 aromatic carbocycles. The number of benzene rings is 3. The average molecular weight is 745 g/mol. The Labute approximate surface area is 285 Å². The van der Waals surface area contributed by atoms with Gasteiger partial charge in [0.1, 0.15) is 22.7 Å². The zero-order valence-corrected chi connectivity index (χ0v) is 27.7. The molecule has 0 saturated carbocycles. The second-order valence-corrected chi connectivity index (χ2v) is 14.0. The lowest BCUT2D eigenvalue weighted by Crippen LogP contribution is -2.37. The molecule has 0 aliphatic heterocycles. The minimum Gasteiger partial charge on any atom is -0.206 e. The van der Waals surface area contributed by atoms with Crippen LogP contribution in [0.25, 0.3) is 52.8 Å². The second kappa shape index (κ2) is 12.5. The van der Waals surface area contributed by atoms with Crippen molar-refractivity contribution in [1.29, 1.82) is 0 Å². The van der Waals surface area contributed by atoms with Gasteiger partial charge in [-0.25, -0.2) is 8.78 Å². The third kappa shape index (κ3) is 6.14. The van der Waals surface area contributed by atoms with Gasteiger partial charge >= 0.3 is 23.7 Å². The van der Waals surface area contributed by atoms with Gasteiger partial charge in [-0.05, 0) is 36.4 Å². The lowest BCUT2D eigenvalue weighted by atomic mass is 9.97. The first-order chi connectivity index (χ1) is 23.0. The van der Waals surface area contributed by atoms with Gasteiger partial charge < -0.3 is 0 Å². The van der Waals surface area contributed by atoms with Crippen LogP contribution in [0.1, 0.15) is 37.8 Å². The van der Waals surface area contributed by atoms with Gasteiger partial charge in [-0.15, -0.1) is 22.7 Å². The highest BCUT2D eigenvalue weighted by atomic mass is 32.1. The quantitative estimate of drug-likeness (QED) is 0.131. The first-order valence-corrected chi connectivity index (χ1v) is 16.9. The van der Waals surface area contributed by atoms with Crippen LogP contribution in [0.15, 0.2) is 72.8 Å². The number of alkyl halides is 8. The van der Waals surface area contributed by atoms with Crippen LogP contribution < -0.4 is 0 Å². The smallest absolute Gasteiger partial charge is 0.206 e. The summed E-state index contributed by atoms with van der Waals surface area (Å²) in [6.45, 7) is 1.42. The molecule has 3 aromatic heterocycles. The van der Waals surface area contributed by atoms with Gasteiger partial charge in [0.15, 0.2) is 0 Å². The summed E-state index contributed by atoms with van der Waals surface area (Å²) >= 11 is 3.17. The van der Waals surface area contributed by atoms with Crippen LogP contribution in [0, 0.1) is 11.6 Å². The van der Waals surface area contributed by atoms with Crippen molar-refractivity contribution in [3.63, 3.8) is 0 Å². The maximum Gasteiger partial charge on any atom is 0.335 e. The lowest BCUT2D eigenvalue weighted by molar-refractivity contribution is -0.219. The molecule has 0 saturated heterocycles. The highest BCUT2D eigenvalue weighted by Crippen LogP contribution is 2.48. The van der Waals surface area contributed by atoms with E-state index in [0.717, 1.165) is 58.7 Å². The van der Waals surface area contributed by atoms with Gasteiger partial charge in [0, 0.05) is 66.2 Å². The zero-order valence-electron chi connectivity index (χ0n) is 25.2. The Morgan fingerprint density at radius 2 is 0.939 bits per heavy atom. The molecule has 49 heavy (non-hydrogen) atoms. The van der Waals surface area contributed by atoms with E-state index >= 15 is 4.39 Å². The Hall–Kier alpha value is -3.82. The van der Waals surface area contributed by atoms with Crippen LogP contribution in [0.3, 0.4) is 0 Å². The molecule has 15 heteroatoms. The maximum atomic E-state index is 15.1. The van der Waals surface area contributed by atoms with E-state index in [9.17, 15) is 39.5 Å². The van der Waals surface area contributed by atoms with E-state index in [1.54, 1.807) is 36.4 Å². The SMILES string of the molecule is CCCC(F)(F)C(F)(F)c1ccc(-c2ccc(-c3ccc(-c4ccc(-c5ccc(C(F)(F)C(C)(F)F)cc5F)s4)c4nsnc34)s2)c(F)c1. The molecule has 0 amide bonds. The molecular weight excluding hydrogens is 723 g/mol. The number of hydrogen-bond acceptors (Lipinski definition) is 5. The summed E-state index contributed by atoms with van der Waals surface area (Å²) in [5, 5.41) is 0. The third-order valence-electron chi connectivity index (χ3n) is 7.93. The zero-order chi connectivity index (χ0) is 35.5. The summed E-state index contributed by atoms with van der Waals surface area (Å²) in [7, 11) is 0. The molecule has 0 spiro atoms. The predicted molar refractivity (Wildman–Crippen MR) is 173 cm³/mol. The van der Waals surface area contributed by atoms with Crippen molar-refractivity contribution < 1.29 is 43.9 Å². The number of fused-ring (bicyclic) bond motifs is 1. The van der Waals surface area contributed by atoms with Crippen molar-refractivity contribution in [3.05, 3.63) is 95.6 Å². The molecule has 0 aliphatic rings. The number of rotatable bonds is 10. The van der Waals surface area contributed by atoms with Crippen molar-refractivity contribution >= 4 is 45.4 Å². The normalized spacial score (nSPS) is 13.1. The minimum absolute atomic E-state index is 0.0441. The number of aromatic nitrogens is 2. The van der Waals surface area contributed by atoms with Gasteiger partial charge in [-0.2, -0.15) is 43.9 Å². The maximum absolute atomic E-state index is 15.1. The van der Waals surface area contributed by atoms with Crippen molar-refractivity contribution in [2.45, 2.75) is 50.4 Å². The van der Waals surface area contributed by atoms with Crippen molar-refractivity contribution in [3.8, 4) is 41.8 Å². The van der Waals surface area contributed by atoms with Gasteiger partial charge in [0.05, 0.1) is 11.7 Å².